The van der Waals surface area contributed by atoms with E-state index in [9.17, 15) is 13.2 Å². The van der Waals surface area contributed by atoms with Gasteiger partial charge in [-0.3, -0.25) is 4.68 Å². The van der Waals surface area contributed by atoms with Gasteiger partial charge in [-0.25, -0.2) is 28.9 Å². The number of hydrogen-bond donors (Lipinski definition) is 1. The third-order valence-electron chi connectivity index (χ3n) is 4.20. The molecule has 28 heavy (non-hydrogen) atoms. The fourth-order valence-corrected chi connectivity index (χ4v) is 2.73. The van der Waals surface area contributed by atoms with Crippen LogP contribution < -0.4 is 5.43 Å². The van der Waals surface area contributed by atoms with Gasteiger partial charge in [-0.2, -0.15) is 19.7 Å². The zero-order chi connectivity index (χ0) is 20.4. The molecule has 0 amide bonds. The second-order valence-electron chi connectivity index (χ2n) is 6.05. The molecule has 0 fully saturated rings. The molecule has 0 saturated heterocycles. The Balaban J connectivity index is 1.93. The van der Waals surface area contributed by atoms with Crippen molar-refractivity contribution in [2.45, 2.75) is 33.7 Å². The average molecular weight is 392 g/mol. The van der Waals surface area contributed by atoms with E-state index in [0.29, 0.717) is 23.5 Å². The van der Waals surface area contributed by atoms with Crippen molar-refractivity contribution in [1.29, 1.82) is 0 Å². The maximum atomic E-state index is 13.9. The summed E-state index contributed by atoms with van der Waals surface area (Å²) in [7, 11) is 1.47. The summed E-state index contributed by atoms with van der Waals surface area (Å²) in [5.41, 5.74) is 4.37. The molecule has 0 aliphatic carbocycles. The van der Waals surface area contributed by atoms with Crippen LogP contribution in [-0.2, 0) is 13.6 Å². The molecular weight excluding hydrogens is 373 g/mol. The summed E-state index contributed by atoms with van der Waals surface area (Å²) in [5.74, 6) is -0.691. The summed E-state index contributed by atoms with van der Waals surface area (Å²) in [4.78, 5) is 8.01. The molecule has 0 spiro atoms. The predicted octanol–water partition coefficient (Wildman–Crippen LogP) is 3.23. The lowest BCUT2D eigenvalue weighted by Gasteiger charge is -2.07. The average Bonchev–Trinajstić information content (AvgIpc) is 3.15. The fourth-order valence-electron chi connectivity index (χ4n) is 2.73. The first-order chi connectivity index (χ1) is 13.3. The van der Waals surface area contributed by atoms with Crippen molar-refractivity contribution in [1.82, 2.24) is 29.5 Å². The summed E-state index contributed by atoms with van der Waals surface area (Å²) >= 11 is 0. The molecule has 0 saturated carbocycles. The van der Waals surface area contributed by atoms with E-state index in [1.807, 2.05) is 13.8 Å². The van der Waals surface area contributed by atoms with Crippen LogP contribution in [0.2, 0.25) is 0 Å². The minimum atomic E-state index is -2.79. The van der Waals surface area contributed by atoms with Crippen LogP contribution in [0.1, 0.15) is 36.0 Å². The van der Waals surface area contributed by atoms with Crippen LogP contribution in [0.15, 0.2) is 17.4 Å². The summed E-state index contributed by atoms with van der Waals surface area (Å²) < 4.78 is 43.3. The van der Waals surface area contributed by atoms with Crippen molar-refractivity contribution in [3.8, 4) is 11.3 Å². The Labute approximate surface area is 159 Å². The quantitative estimate of drug-likeness (QED) is 0.514. The monoisotopic (exact) mass is 392 g/mol. The predicted molar refractivity (Wildman–Crippen MR) is 97.7 cm³/mol. The smallest absolute Gasteiger partial charge is 0.269 e. The zero-order valence-corrected chi connectivity index (χ0v) is 15.8. The van der Waals surface area contributed by atoms with Crippen molar-refractivity contribution in [2.24, 2.45) is 12.1 Å². The van der Waals surface area contributed by atoms with E-state index in [1.54, 1.807) is 17.8 Å². The van der Waals surface area contributed by atoms with Gasteiger partial charge >= 0.3 is 0 Å². The van der Waals surface area contributed by atoms with E-state index in [1.165, 1.54) is 19.3 Å². The molecule has 0 bridgehead atoms. The van der Waals surface area contributed by atoms with E-state index in [0.717, 1.165) is 10.4 Å². The van der Waals surface area contributed by atoms with Gasteiger partial charge in [-0.05, 0) is 26.8 Å². The number of hydrogen-bond acceptors (Lipinski definition) is 6. The molecule has 1 N–H and O–H groups in total. The maximum absolute atomic E-state index is 13.9. The number of hydrazone groups is 1. The van der Waals surface area contributed by atoms with Gasteiger partial charge in [0.05, 0.1) is 29.4 Å². The molecule has 0 atom stereocenters. The number of nitrogens with one attached hydrogen (secondary N) is 1. The Hall–Kier alpha value is -3.24. The molecule has 3 heterocycles. The van der Waals surface area contributed by atoms with Crippen molar-refractivity contribution in [3.63, 3.8) is 0 Å². The number of halogens is 3. The van der Waals surface area contributed by atoms with Crippen molar-refractivity contribution in [2.75, 3.05) is 5.43 Å². The highest BCUT2D eigenvalue weighted by Gasteiger charge is 2.17. The third kappa shape index (κ3) is 3.73. The van der Waals surface area contributed by atoms with Gasteiger partial charge < -0.3 is 0 Å². The Bertz CT molecular complexity index is 1020. The molecule has 3 rings (SSSR count). The van der Waals surface area contributed by atoms with Crippen molar-refractivity contribution >= 4 is 12.2 Å². The molecular formula is C17H19F3N8. The molecule has 3 aromatic rings. The highest BCUT2D eigenvalue weighted by atomic mass is 19.3. The topological polar surface area (TPSA) is 85.8 Å². The standard InChI is InChI=1S/C17H19F3N8/c1-5-28-10(3)12(8-22-28)13-6-14(15(18)19)24-17(23-13)25-21-7-11-9(2)26-27(4)16(11)20/h6-8,15H,5H2,1-4H3,(H,23,24,25). The zero-order valence-electron chi connectivity index (χ0n) is 15.8. The second-order valence-corrected chi connectivity index (χ2v) is 6.05. The minimum Gasteiger partial charge on any atom is -0.269 e. The van der Waals surface area contributed by atoms with Crippen LogP contribution in [0.3, 0.4) is 0 Å². The lowest BCUT2D eigenvalue weighted by molar-refractivity contribution is 0.146. The number of rotatable bonds is 6. The molecule has 0 unspecified atom stereocenters. The normalized spacial score (nSPS) is 11.7. The molecule has 0 aliphatic heterocycles. The van der Waals surface area contributed by atoms with Gasteiger partial charge in [0, 0.05) is 24.8 Å². The van der Waals surface area contributed by atoms with Gasteiger partial charge in [0.2, 0.25) is 11.9 Å². The van der Waals surface area contributed by atoms with Crippen LogP contribution >= 0.6 is 0 Å². The Kier molecular flexibility index (Phi) is 5.43. The number of alkyl halides is 2. The van der Waals surface area contributed by atoms with Crippen molar-refractivity contribution < 1.29 is 13.2 Å². The highest BCUT2D eigenvalue weighted by Crippen LogP contribution is 2.26. The van der Waals surface area contributed by atoms with Crippen LogP contribution in [0.25, 0.3) is 11.3 Å². The fraction of sp³-hybridized carbons (Fsp3) is 0.353. The second kappa shape index (κ2) is 7.79. The molecule has 148 valence electrons. The van der Waals surface area contributed by atoms with Crippen molar-refractivity contribution in [3.05, 3.63) is 40.9 Å². The Morgan fingerprint density at radius 2 is 2.04 bits per heavy atom. The van der Waals surface area contributed by atoms with E-state index < -0.39 is 18.1 Å². The molecule has 0 radical (unpaired) electrons. The number of aryl methyl sites for hydroxylation is 3. The van der Waals surface area contributed by atoms with Crippen LogP contribution in [0.5, 0.6) is 0 Å². The van der Waals surface area contributed by atoms with Gasteiger partial charge in [0.1, 0.15) is 5.69 Å². The van der Waals surface area contributed by atoms with Crippen LogP contribution in [-0.4, -0.2) is 35.7 Å². The summed E-state index contributed by atoms with van der Waals surface area (Å²) in [5, 5.41) is 12.0. The van der Waals surface area contributed by atoms with E-state index in [2.05, 4.69) is 30.7 Å². The SMILES string of the molecule is CCn1ncc(-c2cc(C(F)F)nc(NN=Cc3c(C)nn(C)c3F)n2)c1C. The van der Waals surface area contributed by atoms with Crippen LogP contribution in [0, 0.1) is 19.8 Å². The summed E-state index contributed by atoms with van der Waals surface area (Å²) in [6.07, 6.45) is -0.0145. The van der Waals surface area contributed by atoms with Gasteiger partial charge in [-0.1, -0.05) is 0 Å². The highest BCUT2D eigenvalue weighted by molar-refractivity contribution is 5.81. The third-order valence-corrected chi connectivity index (χ3v) is 4.20. The molecule has 8 nitrogen and oxygen atoms in total. The number of aromatic nitrogens is 6. The van der Waals surface area contributed by atoms with E-state index >= 15 is 0 Å². The van der Waals surface area contributed by atoms with E-state index in [-0.39, 0.29) is 11.5 Å². The summed E-state index contributed by atoms with van der Waals surface area (Å²) in [6.45, 7) is 6.03. The molecule has 0 aromatic carbocycles. The first kappa shape index (κ1) is 19.5. The minimum absolute atomic E-state index is 0.130. The van der Waals surface area contributed by atoms with Gasteiger partial charge in [0.25, 0.3) is 6.43 Å². The van der Waals surface area contributed by atoms with Gasteiger partial charge in [0.15, 0.2) is 0 Å². The molecule has 3 aromatic heterocycles. The van der Waals surface area contributed by atoms with Gasteiger partial charge in [-0.15, -0.1) is 0 Å². The maximum Gasteiger partial charge on any atom is 0.280 e. The first-order valence-electron chi connectivity index (χ1n) is 8.49. The summed E-state index contributed by atoms with van der Waals surface area (Å²) in [6, 6.07) is 1.22. The lowest BCUT2D eigenvalue weighted by atomic mass is 10.1. The molecule has 11 heteroatoms. The lowest BCUT2D eigenvalue weighted by Crippen LogP contribution is -2.04. The number of anilines is 1. The Morgan fingerprint density at radius 3 is 2.61 bits per heavy atom. The largest absolute Gasteiger partial charge is 0.280 e. The van der Waals surface area contributed by atoms with Crippen LogP contribution in [0.4, 0.5) is 19.1 Å². The molecule has 0 aliphatic rings. The Morgan fingerprint density at radius 1 is 1.29 bits per heavy atom. The van der Waals surface area contributed by atoms with E-state index in [4.69, 9.17) is 0 Å². The first-order valence-corrected chi connectivity index (χ1v) is 8.49. The number of nitrogens with zero attached hydrogens (tertiary/aromatic N) is 7.